The van der Waals surface area contributed by atoms with Crippen LogP contribution in [0.2, 0.25) is 0 Å². The topological polar surface area (TPSA) is 67.4 Å². The zero-order valence-corrected chi connectivity index (χ0v) is 11.4. The first-order valence-electron chi connectivity index (χ1n) is 5.91. The van der Waals surface area contributed by atoms with Crippen LogP contribution in [0.4, 0.5) is 17.3 Å². The summed E-state index contributed by atoms with van der Waals surface area (Å²) in [6.07, 6.45) is 0. The second-order valence-corrected chi connectivity index (χ2v) is 4.52. The van der Waals surface area contributed by atoms with E-state index >= 15 is 0 Å². The van der Waals surface area contributed by atoms with E-state index in [0.29, 0.717) is 23.1 Å². The van der Waals surface area contributed by atoms with Crippen LogP contribution in [0.15, 0.2) is 29.3 Å². The van der Waals surface area contributed by atoms with Gasteiger partial charge in [0.1, 0.15) is 5.69 Å². The summed E-state index contributed by atoms with van der Waals surface area (Å²) in [5, 5.41) is 0. The first kappa shape index (κ1) is 13.0. The minimum Gasteiger partial charge on any atom is -0.382 e. The zero-order chi connectivity index (χ0) is 14.0. The van der Waals surface area contributed by atoms with E-state index in [-0.39, 0.29) is 0 Å². The van der Waals surface area contributed by atoms with Crippen LogP contribution >= 0.6 is 0 Å². The number of aromatic nitrogens is 2. The predicted octanol–water partition coefficient (Wildman–Crippen LogP) is 2.43. The lowest BCUT2D eigenvalue weighted by Crippen LogP contribution is -2.13. The van der Waals surface area contributed by atoms with E-state index in [0.717, 1.165) is 5.56 Å². The Morgan fingerprint density at radius 2 is 1.79 bits per heavy atom. The summed E-state index contributed by atoms with van der Waals surface area (Å²) in [5.41, 5.74) is 8.56. The molecule has 1 aromatic heterocycles. The van der Waals surface area contributed by atoms with Crippen LogP contribution in [0.3, 0.4) is 0 Å². The summed E-state index contributed by atoms with van der Waals surface area (Å²) < 4.78 is 0. The van der Waals surface area contributed by atoms with Crippen molar-refractivity contribution in [2.45, 2.75) is 6.92 Å². The monoisotopic (exact) mass is 255 g/mol. The highest BCUT2D eigenvalue weighted by atomic mass is 15.2. The van der Waals surface area contributed by atoms with Crippen molar-refractivity contribution in [3.63, 3.8) is 0 Å². The fourth-order valence-corrected chi connectivity index (χ4v) is 1.76. The molecular weight excluding hydrogens is 238 g/mol. The third-order valence-corrected chi connectivity index (χ3v) is 2.78. The molecule has 0 fully saturated rings. The molecule has 0 saturated heterocycles. The molecule has 1 heterocycles. The summed E-state index contributed by atoms with van der Waals surface area (Å²) in [4.78, 5) is 14.5. The van der Waals surface area contributed by atoms with Gasteiger partial charge in [0.2, 0.25) is 0 Å². The van der Waals surface area contributed by atoms with Gasteiger partial charge in [0.25, 0.3) is 0 Å². The highest BCUT2D eigenvalue weighted by molar-refractivity contribution is 5.77. The number of nitrogen functional groups attached to an aromatic ring is 1. The van der Waals surface area contributed by atoms with Crippen molar-refractivity contribution in [3.05, 3.63) is 29.8 Å². The Bertz CT molecular complexity index is 602. The number of aryl methyl sites for hydroxylation is 1. The van der Waals surface area contributed by atoms with Gasteiger partial charge in [-0.3, -0.25) is 4.99 Å². The van der Waals surface area contributed by atoms with Crippen LogP contribution in [0, 0.1) is 6.92 Å². The van der Waals surface area contributed by atoms with E-state index in [9.17, 15) is 0 Å². The molecule has 0 bridgehead atoms. The van der Waals surface area contributed by atoms with Crippen LogP contribution in [0.25, 0.3) is 11.4 Å². The first-order chi connectivity index (χ1) is 9.02. The maximum Gasteiger partial charge on any atom is 0.164 e. The molecule has 0 unspecified atom stereocenters. The molecular formula is C14H17N5. The molecule has 0 aliphatic heterocycles. The Morgan fingerprint density at radius 1 is 1.16 bits per heavy atom. The Kier molecular flexibility index (Phi) is 3.46. The summed E-state index contributed by atoms with van der Waals surface area (Å²) in [6, 6.07) is 7.99. The van der Waals surface area contributed by atoms with Crippen LogP contribution < -0.4 is 10.6 Å². The van der Waals surface area contributed by atoms with Crippen molar-refractivity contribution >= 4 is 24.0 Å². The van der Waals surface area contributed by atoms with E-state index in [2.05, 4.69) is 21.7 Å². The minimum atomic E-state index is 0.337. The van der Waals surface area contributed by atoms with E-state index in [4.69, 9.17) is 5.73 Å². The standard InChI is InChI=1S/C14H17N5/c1-9-5-7-10(8-6-9)13-17-12(15)11(16-2)14(18-13)19(3)4/h5-8H,2H2,1,3-4H3,(H2,15,17,18). The van der Waals surface area contributed by atoms with Crippen molar-refractivity contribution in [2.24, 2.45) is 4.99 Å². The molecule has 0 radical (unpaired) electrons. The average Bonchev–Trinajstić information content (AvgIpc) is 2.38. The SMILES string of the molecule is C=Nc1c(N)nc(-c2ccc(C)cc2)nc1N(C)C. The van der Waals surface area contributed by atoms with Crippen LogP contribution in [0.1, 0.15) is 5.56 Å². The van der Waals surface area contributed by atoms with Gasteiger partial charge in [0, 0.05) is 19.7 Å². The highest BCUT2D eigenvalue weighted by Gasteiger charge is 2.13. The van der Waals surface area contributed by atoms with Gasteiger partial charge in [0.15, 0.2) is 17.5 Å². The fourth-order valence-electron chi connectivity index (χ4n) is 1.76. The molecule has 0 spiro atoms. The second kappa shape index (κ2) is 5.06. The third kappa shape index (κ3) is 2.54. The van der Waals surface area contributed by atoms with Gasteiger partial charge in [-0.15, -0.1) is 0 Å². The molecule has 19 heavy (non-hydrogen) atoms. The van der Waals surface area contributed by atoms with Crippen molar-refractivity contribution < 1.29 is 0 Å². The molecule has 5 nitrogen and oxygen atoms in total. The Balaban J connectivity index is 2.59. The van der Waals surface area contributed by atoms with Crippen LogP contribution in [-0.2, 0) is 0 Å². The van der Waals surface area contributed by atoms with Crippen molar-refractivity contribution in [1.82, 2.24) is 9.97 Å². The molecule has 2 rings (SSSR count). The predicted molar refractivity (Wildman–Crippen MR) is 80.2 cm³/mol. The van der Waals surface area contributed by atoms with Crippen LogP contribution in [-0.4, -0.2) is 30.8 Å². The Morgan fingerprint density at radius 3 is 2.32 bits per heavy atom. The molecule has 5 heteroatoms. The lowest BCUT2D eigenvalue weighted by atomic mass is 10.1. The molecule has 0 amide bonds. The van der Waals surface area contributed by atoms with E-state index in [1.54, 1.807) is 0 Å². The Labute approximate surface area is 112 Å². The van der Waals surface area contributed by atoms with Crippen molar-refractivity contribution in [2.75, 3.05) is 24.7 Å². The number of rotatable bonds is 3. The number of anilines is 2. The molecule has 0 aliphatic rings. The highest BCUT2D eigenvalue weighted by Crippen LogP contribution is 2.32. The maximum absolute atomic E-state index is 5.93. The summed E-state index contributed by atoms with van der Waals surface area (Å²) in [7, 11) is 3.77. The fraction of sp³-hybridized carbons (Fsp3) is 0.214. The number of nitrogens with two attached hydrogens (primary N) is 1. The minimum absolute atomic E-state index is 0.337. The largest absolute Gasteiger partial charge is 0.382 e. The number of hydrogen-bond acceptors (Lipinski definition) is 5. The second-order valence-electron chi connectivity index (χ2n) is 4.52. The molecule has 0 aliphatic carbocycles. The molecule has 0 atom stereocenters. The number of benzene rings is 1. The number of hydrogen-bond donors (Lipinski definition) is 1. The lowest BCUT2D eigenvalue weighted by Gasteiger charge is -2.16. The van der Waals surface area contributed by atoms with Crippen LogP contribution in [0.5, 0.6) is 0 Å². The summed E-state index contributed by atoms with van der Waals surface area (Å²) in [6.45, 7) is 5.55. The van der Waals surface area contributed by atoms with Crippen molar-refractivity contribution in [3.8, 4) is 11.4 Å². The van der Waals surface area contributed by atoms with E-state index in [1.807, 2.05) is 50.2 Å². The summed E-state index contributed by atoms with van der Waals surface area (Å²) >= 11 is 0. The van der Waals surface area contributed by atoms with E-state index < -0.39 is 0 Å². The van der Waals surface area contributed by atoms with E-state index in [1.165, 1.54) is 5.56 Å². The number of aliphatic imine (C=N–C) groups is 1. The molecule has 0 saturated carbocycles. The Hall–Kier alpha value is -2.43. The zero-order valence-electron chi connectivity index (χ0n) is 11.4. The maximum atomic E-state index is 5.93. The van der Waals surface area contributed by atoms with Gasteiger partial charge in [-0.2, -0.15) is 0 Å². The van der Waals surface area contributed by atoms with Gasteiger partial charge in [-0.25, -0.2) is 9.97 Å². The quantitative estimate of drug-likeness (QED) is 0.855. The van der Waals surface area contributed by atoms with Gasteiger partial charge in [0.05, 0.1) is 0 Å². The average molecular weight is 255 g/mol. The smallest absolute Gasteiger partial charge is 0.164 e. The molecule has 1 aromatic carbocycles. The lowest BCUT2D eigenvalue weighted by molar-refractivity contribution is 1.04. The molecule has 2 N–H and O–H groups in total. The number of nitrogens with zero attached hydrogens (tertiary/aromatic N) is 4. The summed E-state index contributed by atoms with van der Waals surface area (Å²) in [5.74, 6) is 1.59. The van der Waals surface area contributed by atoms with Gasteiger partial charge in [-0.05, 0) is 13.6 Å². The molecule has 98 valence electrons. The molecule has 2 aromatic rings. The normalized spacial score (nSPS) is 10.3. The van der Waals surface area contributed by atoms with Gasteiger partial charge in [-0.1, -0.05) is 29.8 Å². The third-order valence-electron chi connectivity index (χ3n) is 2.78. The first-order valence-corrected chi connectivity index (χ1v) is 5.91. The van der Waals surface area contributed by atoms with Crippen molar-refractivity contribution in [1.29, 1.82) is 0 Å². The van der Waals surface area contributed by atoms with Gasteiger partial charge >= 0.3 is 0 Å². The van der Waals surface area contributed by atoms with Gasteiger partial charge < -0.3 is 10.6 Å².